The minimum atomic E-state index is -4.50. The second-order valence-corrected chi connectivity index (χ2v) is 10.6. The molecule has 1 aromatic heterocycles. The molecule has 0 saturated heterocycles. The molecule has 5 nitrogen and oxygen atoms in total. The Morgan fingerprint density at radius 1 is 0.667 bits per heavy atom. The predicted molar refractivity (Wildman–Crippen MR) is 147 cm³/mol. The first-order valence-electron chi connectivity index (χ1n) is 12.9. The average Bonchev–Trinajstić information content (AvgIpc) is 2.89. The fourth-order valence-corrected chi connectivity index (χ4v) is 5.56. The standard InChI is InChI=1S/C30H34N2O3S/c1-2-3-4-5-6-7-8-11-20-25-21-22-26-29(30(25)36(33,34)35)32-28(24-18-14-10-15-19-24)27(31-26)23-16-12-9-13-17-23/h9-10,12-19,21-22H,2-8,11,20H2,1H3,(H,33,34,35). The molecule has 0 saturated carbocycles. The van der Waals surface area contributed by atoms with Crippen LogP contribution in [0.15, 0.2) is 77.7 Å². The van der Waals surface area contributed by atoms with Crippen molar-refractivity contribution in [3.8, 4) is 22.5 Å². The van der Waals surface area contributed by atoms with Crippen LogP contribution < -0.4 is 0 Å². The lowest BCUT2D eigenvalue weighted by Gasteiger charge is -2.14. The summed E-state index contributed by atoms with van der Waals surface area (Å²) in [4.78, 5) is 9.56. The Morgan fingerprint density at radius 2 is 1.19 bits per heavy atom. The summed E-state index contributed by atoms with van der Waals surface area (Å²) in [6, 6.07) is 22.9. The molecule has 1 heterocycles. The first kappa shape index (κ1) is 26.0. The van der Waals surface area contributed by atoms with Crippen molar-refractivity contribution in [3.05, 3.63) is 78.4 Å². The fourth-order valence-electron chi connectivity index (χ4n) is 4.67. The van der Waals surface area contributed by atoms with E-state index >= 15 is 0 Å². The van der Waals surface area contributed by atoms with Gasteiger partial charge < -0.3 is 0 Å². The predicted octanol–water partition coefficient (Wildman–Crippen LogP) is 7.89. The zero-order chi connectivity index (χ0) is 25.4. The Hall–Kier alpha value is -3.09. The van der Waals surface area contributed by atoms with Gasteiger partial charge in [-0.25, -0.2) is 9.97 Å². The van der Waals surface area contributed by atoms with E-state index in [-0.39, 0.29) is 10.4 Å². The summed E-state index contributed by atoms with van der Waals surface area (Å²) in [5.74, 6) is 0. The van der Waals surface area contributed by atoms with E-state index in [1.165, 1.54) is 32.1 Å². The SMILES string of the molecule is CCCCCCCCCCc1ccc2nc(-c3ccccc3)c(-c3ccccc3)nc2c1S(=O)(=O)O. The van der Waals surface area contributed by atoms with E-state index < -0.39 is 10.1 Å². The van der Waals surface area contributed by atoms with Gasteiger partial charge in [0.15, 0.2) is 0 Å². The highest BCUT2D eigenvalue weighted by atomic mass is 32.2. The number of aryl methyl sites for hydroxylation is 1. The third kappa shape index (κ3) is 6.37. The molecule has 0 atom stereocenters. The lowest BCUT2D eigenvalue weighted by atomic mass is 10.0. The summed E-state index contributed by atoms with van der Waals surface area (Å²) < 4.78 is 35.4. The maximum absolute atomic E-state index is 12.6. The van der Waals surface area contributed by atoms with Crippen LogP contribution in [0.5, 0.6) is 0 Å². The van der Waals surface area contributed by atoms with Crippen LogP contribution in [0.3, 0.4) is 0 Å². The zero-order valence-electron chi connectivity index (χ0n) is 20.9. The Morgan fingerprint density at radius 3 is 1.75 bits per heavy atom. The fraction of sp³-hybridized carbons (Fsp3) is 0.333. The normalized spacial score (nSPS) is 11.7. The first-order chi connectivity index (χ1) is 17.5. The van der Waals surface area contributed by atoms with Crippen LogP contribution in [0.2, 0.25) is 0 Å². The van der Waals surface area contributed by atoms with Crippen molar-refractivity contribution in [1.29, 1.82) is 0 Å². The molecule has 0 aliphatic heterocycles. The van der Waals surface area contributed by atoms with Crippen LogP contribution in [0.25, 0.3) is 33.5 Å². The quantitative estimate of drug-likeness (QED) is 0.157. The van der Waals surface area contributed by atoms with Crippen molar-refractivity contribution in [1.82, 2.24) is 9.97 Å². The van der Waals surface area contributed by atoms with Gasteiger partial charge >= 0.3 is 0 Å². The summed E-state index contributed by atoms with van der Waals surface area (Å²) >= 11 is 0. The van der Waals surface area contributed by atoms with Crippen molar-refractivity contribution in [2.24, 2.45) is 0 Å². The number of fused-ring (bicyclic) bond motifs is 1. The number of unbranched alkanes of at least 4 members (excludes halogenated alkanes) is 7. The minimum Gasteiger partial charge on any atom is -0.282 e. The van der Waals surface area contributed by atoms with Gasteiger partial charge in [-0.2, -0.15) is 8.42 Å². The molecule has 0 spiro atoms. The molecule has 0 amide bonds. The van der Waals surface area contributed by atoms with Gasteiger partial charge in [-0.3, -0.25) is 4.55 Å². The molecule has 4 rings (SSSR count). The topological polar surface area (TPSA) is 80.2 Å². The van der Waals surface area contributed by atoms with Gasteiger partial charge in [0.1, 0.15) is 10.4 Å². The monoisotopic (exact) mass is 502 g/mol. The highest BCUT2D eigenvalue weighted by Crippen LogP contribution is 2.34. The number of rotatable bonds is 12. The van der Waals surface area contributed by atoms with Gasteiger partial charge in [0.05, 0.1) is 16.9 Å². The van der Waals surface area contributed by atoms with Crippen molar-refractivity contribution in [2.75, 3.05) is 0 Å². The van der Waals surface area contributed by atoms with E-state index in [1.807, 2.05) is 66.7 Å². The van der Waals surface area contributed by atoms with Crippen LogP contribution in [-0.4, -0.2) is 22.9 Å². The molecular formula is C30H34N2O3S. The van der Waals surface area contributed by atoms with Gasteiger partial charge in [0.2, 0.25) is 0 Å². The highest BCUT2D eigenvalue weighted by molar-refractivity contribution is 7.86. The molecule has 0 bridgehead atoms. The lowest BCUT2D eigenvalue weighted by molar-refractivity contribution is 0.482. The van der Waals surface area contributed by atoms with Crippen LogP contribution in [-0.2, 0) is 16.5 Å². The van der Waals surface area contributed by atoms with Crippen LogP contribution in [0.4, 0.5) is 0 Å². The summed E-state index contributed by atoms with van der Waals surface area (Å²) in [7, 11) is -4.50. The highest BCUT2D eigenvalue weighted by Gasteiger charge is 2.23. The Bertz CT molecular complexity index is 1390. The Labute approximate surface area is 214 Å². The van der Waals surface area contributed by atoms with Crippen molar-refractivity contribution in [2.45, 2.75) is 69.6 Å². The molecule has 0 radical (unpaired) electrons. The molecule has 3 aromatic carbocycles. The summed E-state index contributed by atoms with van der Waals surface area (Å²) in [5.41, 5.74) is 4.24. The zero-order valence-corrected chi connectivity index (χ0v) is 21.7. The molecule has 1 N–H and O–H groups in total. The van der Waals surface area contributed by atoms with E-state index in [9.17, 15) is 13.0 Å². The maximum atomic E-state index is 12.6. The largest absolute Gasteiger partial charge is 0.297 e. The number of aromatic nitrogens is 2. The minimum absolute atomic E-state index is 0.118. The van der Waals surface area contributed by atoms with Gasteiger partial charge in [-0.1, -0.05) is 119 Å². The van der Waals surface area contributed by atoms with E-state index in [0.29, 0.717) is 28.9 Å². The van der Waals surface area contributed by atoms with E-state index in [2.05, 4.69) is 6.92 Å². The smallest absolute Gasteiger partial charge is 0.282 e. The van der Waals surface area contributed by atoms with Crippen molar-refractivity contribution < 1.29 is 13.0 Å². The van der Waals surface area contributed by atoms with Crippen LogP contribution in [0, 0.1) is 0 Å². The van der Waals surface area contributed by atoms with Crippen LogP contribution >= 0.6 is 0 Å². The van der Waals surface area contributed by atoms with Crippen molar-refractivity contribution in [3.63, 3.8) is 0 Å². The molecule has 0 aliphatic rings. The van der Waals surface area contributed by atoms with E-state index in [1.54, 1.807) is 6.07 Å². The van der Waals surface area contributed by atoms with Crippen LogP contribution in [0.1, 0.15) is 63.9 Å². The number of nitrogens with zero attached hydrogens (tertiary/aromatic N) is 2. The molecular weight excluding hydrogens is 468 g/mol. The molecule has 36 heavy (non-hydrogen) atoms. The van der Waals surface area contributed by atoms with Gasteiger partial charge in [-0.15, -0.1) is 0 Å². The van der Waals surface area contributed by atoms with Gasteiger partial charge in [0, 0.05) is 11.1 Å². The third-order valence-corrected chi connectivity index (χ3v) is 7.50. The van der Waals surface area contributed by atoms with Crippen molar-refractivity contribution >= 4 is 21.2 Å². The summed E-state index contributed by atoms with van der Waals surface area (Å²) in [5, 5.41) is 0. The summed E-state index contributed by atoms with van der Waals surface area (Å²) in [6.45, 7) is 2.21. The second-order valence-electron chi connectivity index (χ2n) is 9.27. The van der Waals surface area contributed by atoms with Gasteiger partial charge in [0.25, 0.3) is 10.1 Å². The number of hydrogen-bond acceptors (Lipinski definition) is 4. The molecule has 0 fully saturated rings. The van der Waals surface area contributed by atoms with Gasteiger partial charge in [-0.05, 0) is 24.5 Å². The molecule has 188 valence electrons. The second kappa shape index (κ2) is 12.2. The molecule has 0 unspecified atom stereocenters. The third-order valence-electron chi connectivity index (χ3n) is 6.52. The molecule has 4 aromatic rings. The average molecular weight is 503 g/mol. The number of benzene rings is 3. The maximum Gasteiger partial charge on any atom is 0.297 e. The summed E-state index contributed by atoms with van der Waals surface area (Å²) in [6.07, 6.45) is 9.86. The molecule has 0 aliphatic carbocycles. The lowest BCUT2D eigenvalue weighted by Crippen LogP contribution is -2.07. The first-order valence-corrected chi connectivity index (χ1v) is 14.3. The van der Waals surface area contributed by atoms with E-state index in [0.717, 1.165) is 30.4 Å². The van der Waals surface area contributed by atoms with E-state index in [4.69, 9.17) is 9.97 Å². The Kier molecular flexibility index (Phi) is 8.83. The molecule has 6 heteroatoms. The Balaban J connectivity index is 1.71. The number of hydrogen-bond donors (Lipinski definition) is 1.